The Bertz CT molecular complexity index is 1580. The molecule has 0 aliphatic carbocycles. The van der Waals surface area contributed by atoms with E-state index in [4.69, 9.17) is 0 Å². The minimum atomic E-state index is -0.184. The van der Waals surface area contributed by atoms with E-state index in [0.29, 0.717) is 27.7 Å². The number of hydrogen-bond acceptors (Lipinski definition) is 6. The number of aryl methyl sites for hydroxylation is 3. The summed E-state index contributed by atoms with van der Waals surface area (Å²) in [5.41, 5.74) is 3.04. The molecule has 2 aromatic carbocycles. The third kappa shape index (κ3) is 3.68. The van der Waals surface area contributed by atoms with E-state index in [1.54, 1.807) is 22.4 Å². The van der Waals surface area contributed by atoms with E-state index in [1.807, 2.05) is 66.8 Å². The summed E-state index contributed by atoms with van der Waals surface area (Å²) in [6.07, 6.45) is 0. The highest BCUT2D eigenvalue weighted by molar-refractivity contribution is 7.99. The summed E-state index contributed by atoms with van der Waals surface area (Å²) >= 11 is 1.26. The monoisotopic (exact) mass is 459 g/mol. The molecular formula is C23H21N7O2S. The van der Waals surface area contributed by atoms with Crippen LogP contribution in [0.4, 0.5) is 5.82 Å². The van der Waals surface area contributed by atoms with Crippen molar-refractivity contribution in [3.63, 3.8) is 0 Å². The molecule has 1 N–H and O–H groups in total. The van der Waals surface area contributed by atoms with Crippen LogP contribution < -0.4 is 10.9 Å². The molecule has 9 nitrogen and oxygen atoms in total. The number of hydrogen-bond donors (Lipinski definition) is 1. The van der Waals surface area contributed by atoms with Crippen LogP contribution in [0.1, 0.15) is 11.3 Å². The van der Waals surface area contributed by atoms with Crippen LogP contribution in [0.2, 0.25) is 0 Å². The normalized spacial score (nSPS) is 11.4. The number of thioether (sulfide) groups is 1. The average molecular weight is 460 g/mol. The Balaban J connectivity index is 1.57. The molecule has 5 aromatic rings. The Morgan fingerprint density at radius 3 is 2.58 bits per heavy atom. The quantitative estimate of drug-likeness (QED) is 0.406. The van der Waals surface area contributed by atoms with Gasteiger partial charge in [0.15, 0.2) is 5.16 Å². The number of nitrogens with zero attached hydrogens (tertiary/aromatic N) is 6. The molecule has 0 saturated carbocycles. The van der Waals surface area contributed by atoms with Crippen LogP contribution in [0.25, 0.3) is 22.4 Å². The molecule has 166 valence electrons. The van der Waals surface area contributed by atoms with Crippen LogP contribution in [0.15, 0.2) is 64.5 Å². The van der Waals surface area contributed by atoms with Gasteiger partial charge < -0.3 is 5.32 Å². The van der Waals surface area contributed by atoms with Gasteiger partial charge in [0.05, 0.1) is 28.0 Å². The number of amides is 1. The topological polar surface area (TPSA) is 99.1 Å². The largest absolute Gasteiger partial charge is 0.310 e. The van der Waals surface area contributed by atoms with Gasteiger partial charge in [0.1, 0.15) is 5.82 Å². The van der Waals surface area contributed by atoms with Gasteiger partial charge in [-0.05, 0) is 37.6 Å². The highest BCUT2D eigenvalue weighted by Gasteiger charge is 2.19. The fraction of sp³-hybridized carbons (Fsp3) is 0.174. The molecule has 3 aromatic heterocycles. The molecule has 0 bridgehead atoms. The number of nitrogens with one attached hydrogen (secondary N) is 1. The lowest BCUT2D eigenvalue weighted by Crippen LogP contribution is -2.22. The molecule has 3 heterocycles. The lowest BCUT2D eigenvalue weighted by Gasteiger charge is -2.13. The first-order valence-electron chi connectivity index (χ1n) is 10.3. The molecule has 0 aliphatic rings. The van der Waals surface area contributed by atoms with Gasteiger partial charge in [0.25, 0.3) is 5.56 Å². The summed E-state index contributed by atoms with van der Waals surface area (Å²) < 4.78 is 5.03. The van der Waals surface area contributed by atoms with Crippen LogP contribution in [0.3, 0.4) is 0 Å². The molecule has 5 rings (SSSR count). The van der Waals surface area contributed by atoms with Gasteiger partial charge in [-0.3, -0.25) is 18.7 Å². The fourth-order valence-corrected chi connectivity index (χ4v) is 4.58. The molecule has 0 spiro atoms. The molecule has 0 radical (unpaired) electrons. The third-order valence-corrected chi connectivity index (χ3v) is 6.28. The first-order valence-corrected chi connectivity index (χ1v) is 11.3. The summed E-state index contributed by atoms with van der Waals surface area (Å²) in [6, 6.07) is 16.8. The minimum absolute atomic E-state index is 0.128. The standard InChI is InChI=1S/C23H21N7O2S/c1-14-8-4-6-10-17(14)29-21(32)16-9-5-7-11-18(16)30-22(29)25-26-23(30)33-13-20(31)24-19-12-15(2)27-28(19)3/h4-12H,13H2,1-3H3,(H,24,31). The Morgan fingerprint density at radius 2 is 1.82 bits per heavy atom. The second kappa shape index (κ2) is 8.21. The highest BCUT2D eigenvalue weighted by Crippen LogP contribution is 2.24. The zero-order valence-corrected chi connectivity index (χ0v) is 19.1. The summed E-state index contributed by atoms with van der Waals surface area (Å²) in [5.74, 6) is 0.973. The number of carbonyl (C=O) groups excluding carboxylic acids is 1. The van der Waals surface area contributed by atoms with Crippen molar-refractivity contribution in [2.24, 2.45) is 7.05 Å². The lowest BCUT2D eigenvalue weighted by molar-refractivity contribution is -0.113. The second-order valence-electron chi connectivity index (χ2n) is 7.69. The summed E-state index contributed by atoms with van der Waals surface area (Å²) in [5, 5.41) is 16.8. The zero-order valence-electron chi connectivity index (χ0n) is 18.3. The molecule has 0 saturated heterocycles. The van der Waals surface area contributed by atoms with Crippen molar-refractivity contribution in [3.05, 3.63) is 76.2 Å². The van der Waals surface area contributed by atoms with Gasteiger partial charge in [0.2, 0.25) is 11.7 Å². The van der Waals surface area contributed by atoms with Crippen molar-refractivity contribution in [3.8, 4) is 5.69 Å². The van der Waals surface area contributed by atoms with Gasteiger partial charge in [0, 0.05) is 13.1 Å². The summed E-state index contributed by atoms with van der Waals surface area (Å²) in [7, 11) is 1.78. The SMILES string of the molecule is Cc1cc(NC(=O)CSc2nnc3n(-c4ccccc4C)c(=O)c4ccccc4n23)n(C)n1. The number of carbonyl (C=O) groups is 1. The van der Waals surface area contributed by atoms with Gasteiger partial charge in [-0.2, -0.15) is 5.10 Å². The summed E-state index contributed by atoms with van der Waals surface area (Å²) in [6.45, 7) is 3.82. The van der Waals surface area contributed by atoms with Gasteiger partial charge >= 0.3 is 0 Å². The van der Waals surface area contributed by atoms with Crippen molar-refractivity contribution in [1.29, 1.82) is 0 Å². The molecule has 0 fully saturated rings. The first-order chi connectivity index (χ1) is 15.9. The molecule has 0 atom stereocenters. The Labute approximate surface area is 193 Å². The predicted octanol–water partition coefficient (Wildman–Crippen LogP) is 3.11. The lowest BCUT2D eigenvalue weighted by atomic mass is 10.2. The van der Waals surface area contributed by atoms with Gasteiger partial charge in [-0.15, -0.1) is 10.2 Å². The minimum Gasteiger partial charge on any atom is -0.310 e. The van der Waals surface area contributed by atoms with Crippen LogP contribution >= 0.6 is 11.8 Å². The van der Waals surface area contributed by atoms with E-state index in [9.17, 15) is 9.59 Å². The van der Waals surface area contributed by atoms with E-state index in [2.05, 4.69) is 20.6 Å². The van der Waals surface area contributed by atoms with Crippen LogP contribution in [-0.2, 0) is 11.8 Å². The fourth-order valence-electron chi connectivity index (χ4n) is 3.84. The van der Waals surface area contributed by atoms with E-state index in [1.165, 1.54) is 11.8 Å². The molecule has 0 unspecified atom stereocenters. The number of rotatable bonds is 5. The van der Waals surface area contributed by atoms with Crippen molar-refractivity contribution in [1.82, 2.24) is 28.9 Å². The number of anilines is 1. The van der Waals surface area contributed by atoms with Crippen molar-refractivity contribution in [2.75, 3.05) is 11.1 Å². The van der Waals surface area contributed by atoms with E-state index < -0.39 is 0 Å². The third-order valence-electron chi connectivity index (χ3n) is 5.35. The van der Waals surface area contributed by atoms with E-state index >= 15 is 0 Å². The number of fused-ring (bicyclic) bond motifs is 3. The smallest absolute Gasteiger partial charge is 0.267 e. The highest BCUT2D eigenvalue weighted by atomic mass is 32.2. The van der Waals surface area contributed by atoms with Crippen molar-refractivity contribution in [2.45, 2.75) is 19.0 Å². The van der Waals surface area contributed by atoms with Gasteiger partial charge in [-0.25, -0.2) is 4.57 Å². The van der Waals surface area contributed by atoms with E-state index in [-0.39, 0.29) is 17.2 Å². The number of benzene rings is 2. The molecule has 10 heteroatoms. The Hall–Kier alpha value is -3.92. The number of aromatic nitrogens is 6. The number of para-hydroxylation sites is 2. The molecular weight excluding hydrogens is 438 g/mol. The molecule has 0 aliphatic heterocycles. The van der Waals surface area contributed by atoms with Crippen LogP contribution in [0.5, 0.6) is 0 Å². The van der Waals surface area contributed by atoms with Gasteiger partial charge in [-0.1, -0.05) is 42.1 Å². The Kier molecular flexibility index (Phi) is 5.21. The molecule has 33 heavy (non-hydrogen) atoms. The summed E-state index contributed by atoms with van der Waals surface area (Å²) in [4.78, 5) is 26.0. The van der Waals surface area contributed by atoms with Crippen LogP contribution in [0, 0.1) is 13.8 Å². The van der Waals surface area contributed by atoms with Crippen molar-refractivity contribution >= 4 is 40.2 Å². The zero-order chi connectivity index (χ0) is 23.1. The second-order valence-corrected chi connectivity index (χ2v) is 8.64. The maximum absolute atomic E-state index is 13.4. The average Bonchev–Trinajstić information content (AvgIpc) is 3.36. The van der Waals surface area contributed by atoms with E-state index in [0.717, 1.165) is 16.9 Å². The first kappa shape index (κ1) is 21.0. The maximum atomic E-state index is 13.4. The predicted molar refractivity (Wildman–Crippen MR) is 128 cm³/mol. The maximum Gasteiger partial charge on any atom is 0.267 e. The van der Waals surface area contributed by atoms with Crippen LogP contribution in [-0.4, -0.2) is 40.6 Å². The Morgan fingerprint density at radius 1 is 1.06 bits per heavy atom. The van der Waals surface area contributed by atoms with Crippen molar-refractivity contribution < 1.29 is 4.79 Å². The molecule has 1 amide bonds.